The number of rotatable bonds is 25. The fourth-order valence-electron chi connectivity index (χ4n) is 11.7. The molecule has 25 nitrogen and oxygen atoms in total. The van der Waals surface area contributed by atoms with Gasteiger partial charge in [0.25, 0.3) is 15.7 Å². The van der Waals surface area contributed by atoms with Gasteiger partial charge in [-0.25, -0.2) is 18.0 Å². The SMILES string of the molecule is CCN1c2cc3c(cc2C(C)=CC1(C)C)C(=CC=CC=CC1=[N+](CCCS(=O)(=O)[O-])c2ccc(S(=O)(=O)O)cc2C1(C)CCCC(=O)NCCCCCCNc1nc2c(=O)[nH]c(N)nc2n1[C@@H]1O[C@H](COP(=O)(O)O)[C@@H](O)[C@H]1O)C=C(C(C)(C)C)O3. The Morgan fingerprint density at radius 3 is 2.38 bits per heavy atom. The van der Waals surface area contributed by atoms with Crippen molar-refractivity contribution in [1.82, 2.24) is 24.8 Å². The van der Waals surface area contributed by atoms with Gasteiger partial charge in [0.2, 0.25) is 23.5 Å². The zero-order chi connectivity index (χ0) is 62.9. The maximum absolute atomic E-state index is 13.4. The molecule has 1 fully saturated rings. The van der Waals surface area contributed by atoms with Gasteiger partial charge in [-0.15, -0.1) is 0 Å². The standard InChI is InChI=1S/C58H78N9O16PS2/c1-9-66-42-32-43-39(31-38(42)35(2)33-57(66,6)7)36(29-46(82-43)56(3,4)5)19-13-12-14-20-45-58(8,40-30-37(86(78,79)80)22-23-41(40)65(45)27-18-28-85(75,76)77)24-17-21-47(68)60-25-15-10-11-16-26-61-55-62-48-51(63-54(59)64-52(48)71)67(55)53-50(70)49(69)44(83-53)34-81-84(72,73)74/h12-14,19-20,22-23,29-33,44,49-50,53,69-70H,9-11,15-18,21,24-28,34H2,1-8H3,(H8-,59,60,61,62,63,64,68,71,72,73,74,75,76,77,78,79,80)/t44-,49-,50-,53-,58?/m1/s1. The van der Waals surface area contributed by atoms with Gasteiger partial charge >= 0.3 is 7.82 Å². The lowest BCUT2D eigenvalue weighted by Gasteiger charge is -2.43. The van der Waals surface area contributed by atoms with Crippen LogP contribution in [0.4, 0.5) is 23.3 Å². The molecule has 4 aromatic rings. The molecule has 468 valence electrons. The number of amides is 1. The molecule has 1 unspecified atom stereocenters. The number of imidazole rings is 1. The third-order valence-corrected chi connectivity index (χ3v) is 18.0. The van der Waals surface area contributed by atoms with E-state index in [9.17, 15) is 50.3 Å². The van der Waals surface area contributed by atoms with Crippen LogP contribution in [0.25, 0.3) is 22.3 Å². The number of nitrogens with one attached hydrogen (secondary N) is 3. The molecule has 1 saturated heterocycles. The number of aliphatic hydroxyl groups excluding tert-OH is 2. The molecule has 8 rings (SSSR count). The number of phosphoric acid groups is 1. The summed E-state index contributed by atoms with van der Waals surface area (Å²) in [5.41, 5.74) is 10.4. The first-order valence-corrected chi connectivity index (χ1v) is 33.1. The summed E-state index contributed by atoms with van der Waals surface area (Å²) < 4.78 is 102. The van der Waals surface area contributed by atoms with Crippen molar-refractivity contribution >= 4 is 85.3 Å². The summed E-state index contributed by atoms with van der Waals surface area (Å²) in [6, 6.07) is 8.52. The summed E-state index contributed by atoms with van der Waals surface area (Å²) in [6.45, 7) is 17.7. The second-order valence-electron chi connectivity index (χ2n) is 23.8. The Hall–Kier alpha value is -6.36. The number of H-pyrrole nitrogens is 1. The highest BCUT2D eigenvalue weighted by Crippen LogP contribution is 2.48. The number of benzene rings is 2. The second kappa shape index (κ2) is 25.8. The number of ether oxygens (including phenoxy) is 2. The topological polar surface area (TPSA) is 374 Å². The molecule has 28 heteroatoms. The van der Waals surface area contributed by atoms with Crippen LogP contribution in [0.3, 0.4) is 0 Å². The number of aromatic nitrogens is 4. The lowest BCUT2D eigenvalue weighted by atomic mass is 9.75. The number of likely N-dealkylation sites (N-methyl/N-ethyl adjacent to an activating group) is 1. The minimum Gasteiger partial charge on any atom is -0.748 e. The maximum Gasteiger partial charge on any atom is 0.469 e. The van der Waals surface area contributed by atoms with Gasteiger partial charge in [-0.2, -0.15) is 18.0 Å². The fourth-order valence-corrected chi connectivity index (χ4v) is 13.0. The molecule has 5 atom stereocenters. The number of unbranched alkanes of at least 4 members (excludes halogenated alkanes) is 3. The molecule has 2 aromatic heterocycles. The van der Waals surface area contributed by atoms with E-state index in [0.29, 0.717) is 68.6 Å². The number of carbonyl (C=O) groups excluding carboxylic acids is 1. The average molecular weight is 1250 g/mol. The van der Waals surface area contributed by atoms with E-state index in [0.717, 1.165) is 40.4 Å². The van der Waals surface area contributed by atoms with Crippen LogP contribution in [0.5, 0.6) is 5.75 Å². The van der Waals surface area contributed by atoms with Gasteiger partial charge in [0.1, 0.15) is 36.4 Å². The minimum atomic E-state index is -4.95. The number of fused-ring (bicyclic) bond motifs is 4. The Bertz CT molecular complexity index is 3800. The number of hydrogen-bond acceptors (Lipinski definition) is 18. The molecule has 0 radical (unpaired) electrons. The Kier molecular flexibility index (Phi) is 19.7. The lowest BCUT2D eigenvalue weighted by Crippen LogP contribution is -2.45. The number of phosphoric ester groups is 1. The van der Waals surface area contributed by atoms with E-state index in [1.165, 1.54) is 22.3 Å². The molecule has 6 heterocycles. The molecule has 0 saturated carbocycles. The molecular formula is C58H78N9O16PS2. The third-order valence-electron chi connectivity index (χ3n) is 15.8. The van der Waals surface area contributed by atoms with E-state index in [1.54, 1.807) is 6.07 Å². The van der Waals surface area contributed by atoms with Gasteiger partial charge in [0.05, 0.1) is 32.6 Å². The molecular weight excluding hydrogens is 1170 g/mol. The first-order chi connectivity index (χ1) is 40.2. The number of aliphatic hydroxyl groups is 2. The third kappa shape index (κ3) is 15.0. The number of nitrogen functional groups attached to an aromatic ring is 1. The van der Waals surface area contributed by atoms with Gasteiger partial charge in [0, 0.05) is 84.2 Å². The van der Waals surface area contributed by atoms with Crippen molar-refractivity contribution in [3.8, 4) is 5.75 Å². The largest absolute Gasteiger partial charge is 0.748 e. The van der Waals surface area contributed by atoms with Crippen molar-refractivity contribution in [2.75, 3.05) is 54.5 Å². The normalized spacial score (nSPS) is 21.9. The van der Waals surface area contributed by atoms with E-state index in [-0.39, 0.29) is 64.2 Å². The summed E-state index contributed by atoms with van der Waals surface area (Å²) >= 11 is 0. The van der Waals surface area contributed by atoms with E-state index < -0.39 is 75.9 Å². The predicted molar refractivity (Wildman–Crippen MR) is 324 cm³/mol. The van der Waals surface area contributed by atoms with Crippen LogP contribution >= 0.6 is 7.82 Å². The molecule has 2 aromatic carbocycles. The quantitative estimate of drug-likeness (QED) is 0.0113. The lowest BCUT2D eigenvalue weighted by molar-refractivity contribution is -0.437. The summed E-state index contributed by atoms with van der Waals surface area (Å²) in [7, 11) is -14.2. The number of allylic oxidation sites excluding steroid dienone is 9. The van der Waals surface area contributed by atoms with Crippen LogP contribution in [-0.4, -0.2) is 144 Å². The van der Waals surface area contributed by atoms with Crippen molar-refractivity contribution in [2.24, 2.45) is 5.41 Å². The molecule has 1 amide bonds. The summed E-state index contributed by atoms with van der Waals surface area (Å²) in [6.07, 6.45) is 11.0. The van der Waals surface area contributed by atoms with Crippen LogP contribution in [0, 0.1) is 5.41 Å². The first kappa shape index (κ1) is 65.6. The van der Waals surface area contributed by atoms with E-state index in [1.807, 2.05) is 41.9 Å². The fraction of sp³-hybridized carbons (Fsp3) is 0.500. The smallest absolute Gasteiger partial charge is 0.469 e. The number of aromatic amines is 1. The molecule has 10 N–H and O–H groups in total. The molecule has 0 aliphatic carbocycles. The highest BCUT2D eigenvalue weighted by Gasteiger charge is 2.49. The van der Waals surface area contributed by atoms with Crippen molar-refractivity contribution in [2.45, 2.75) is 147 Å². The maximum atomic E-state index is 13.4. The highest BCUT2D eigenvalue weighted by molar-refractivity contribution is 7.86. The van der Waals surface area contributed by atoms with Crippen molar-refractivity contribution < 1.29 is 73.9 Å². The Labute approximate surface area is 500 Å². The van der Waals surface area contributed by atoms with Gasteiger partial charge in [-0.3, -0.25) is 28.2 Å². The van der Waals surface area contributed by atoms with E-state index in [2.05, 4.69) is 108 Å². The van der Waals surface area contributed by atoms with Gasteiger partial charge in [0.15, 0.2) is 23.1 Å². The van der Waals surface area contributed by atoms with Crippen molar-refractivity contribution in [3.63, 3.8) is 0 Å². The number of hydrogen-bond donors (Lipinski definition) is 9. The minimum absolute atomic E-state index is 0.0367. The zero-order valence-corrected chi connectivity index (χ0v) is 52.0. The predicted octanol–water partition coefficient (Wildman–Crippen LogP) is 6.47. The molecule has 0 bridgehead atoms. The van der Waals surface area contributed by atoms with Gasteiger partial charge < -0.3 is 55.3 Å². The molecule has 0 spiro atoms. The van der Waals surface area contributed by atoms with Crippen molar-refractivity contribution in [1.29, 1.82) is 0 Å². The number of nitrogens with two attached hydrogens (primary N) is 1. The Morgan fingerprint density at radius 1 is 0.988 bits per heavy atom. The van der Waals surface area contributed by atoms with Crippen LogP contribution in [0.1, 0.15) is 130 Å². The Morgan fingerprint density at radius 2 is 1.71 bits per heavy atom. The summed E-state index contributed by atoms with van der Waals surface area (Å²) in [4.78, 5) is 57.4. The number of nitrogens with zero attached hydrogens (tertiary/aromatic N) is 5. The number of anilines is 3. The summed E-state index contributed by atoms with van der Waals surface area (Å²) in [5.74, 6) is 0.474. The zero-order valence-electron chi connectivity index (χ0n) is 49.4. The molecule has 4 aliphatic rings. The first-order valence-electron chi connectivity index (χ1n) is 28.5. The van der Waals surface area contributed by atoms with E-state index >= 15 is 0 Å². The summed E-state index contributed by atoms with van der Waals surface area (Å²) in [5, 5.41) is 27.7. The van der Waals surface area contributed by atoms with Crippen molar-refractivity contribution in [3.05, 3.63) is 106 Å². The second-order valence-corrected chi connectivity index (χ2v) is 27.9. The van der Waals surface area contributed by atoms with Crippen LogP contribution in [-0.2, 0) is 44.3 Å². The van der Waals surface area contributed by atoms with Gasteiger partial charge in [-0.05, 0) is 95.7 Å². The number of carbonyl (C=O) groups is 1. The van der Waals surface area contributed by atoms with E-state index in [4.69, 9.17) is 25.0 Å². The van der Waals surface area contributed by atoms with Gasteiger partial charge in [-0.1, -0.05) is 64.0 Å². The van der Waals surface area contributed by atoms with Crippen LogP contribution in [0.2, 0.25) is 0 Å². The Balaban J connectivity index is 0.934. The monoisotopic (exact) mass is 1250 g/mol. The average Bonchev–Trinajstić information content (AvgIpc) is 1.43. The highest BCUT2D eigenvalue weighted by atomic mass is 32.2. The van der Waals surface area contributed by atoms with Crippen LogP contribution < -0.4 is 31.6 Å². The molecule has 4 aliphatic heterocycles. The van der Waals surface area contributed by atoms with Crippen LogP contribution in [0.15, 0.2) is 88.3 Å². The molecule has 86 heavy (non-hydrogen) atoms.